The summed E-state index contributed by atoms with van der Waals surface area (Å²) >= 11 is 0. The zero-order valence-corrected chi connectivity index (χ0v) is 16.3. The van der Waals surface area contributed by atoms with Crippen LogP contribution < -0.4 is 20.1 Å². The fourth-order valence-corrected chi connectivity index (χ4v) is 3.03. The number of ether oxygens (including phenoxy) is 2. The van der Waals surface area contributed by atoms with Gasteiger partial charge < -0.3 is 20.1 Å². The maximum absolute atomic E-state index is 12.2. The van der Waals surface area contributed by atoms with E-state index in [4.69, 9.17) is 9.47 Å². The van der Waals surface area contributed by atoms with Crippen molar-refractivity contribution in [1.29, 1.82) is 0 Å². The van der Waals surface area contributed by atoms with Crippen molar-refractivity contribution in [1.82, 2.24) is 10.6 Å². The second-order valence-corrected chi connectivity index (χ2v) is 6.26. The topological polar surface area (TPSA) is 59.6 Å². The van der Waals surface area contributed by atoms with Gasteiger partial charge in [-0.25, -0.2) is 0 Å². The summed E-state index contributed by atoms with van der Waals surface area (Å²) in [5.41, 5.74) is 1.03. The second-order valence-electron chi connectivity index (χ2n) is 6.26. The molecule has 25 heavy (non-hydrogen) atoms. The molecule has 2 atom stereocenters. The SMILES string of the molecule is CCOc1ccc(C(C)NC(=O)CCC2CCNC2)cc1OCC.Cl. The van der Waals surface area contributed by atoms with Crippen molar-refractivity contribution < 1.29 is 14.3 Å². The first-order valence-electron chi connectivity index (χ1n) is 9.03. The van der Waals surface area contributed by atoms with E-state index in [0.29, 0.717) is 25.6 Å². The minimum Gasteiger partial charge on any atom is -0.490 e. The second kappa shape index (κ2) is 11.2. The van der Waals surface area contributed by atoms with E-state index in [1.54, 1.807) is 0 Å². The lowest BCUT2D eigenvalue weighted by atomic mass is 10.0. The minimum absolute atomic E-state index is 0. The molecule has 1 aliphatic heterocycles. The zero-order chi connectivity index (χ0) is 17.4. The summed E-state index contributed by atoms with van der Waals surface area (Å²) in [7, 11) is 0. The molecule has 2 N–H and O–H groups in total. The van der Waals surface area contributed by atoms with Gasteiger partial charge in [0.25, 0.3) is 0 Å². The molecule has 0 aromatic heterocycles. The first kappa shape index (κ1) is 21.6. The molecule has 1 heterocycles. The Morgan fingerprint density at radius 1 is 1.28 bits per heavy atom. The van der Waals surface area contributed by atoms with Gasteiger partial charge in [0.2, 0.25) is 5.91 Å². The highest BCUT2D eigenvalue weighted by Crippen LogP contribution is 2.30. The molecule has 0 spiro atoms. The third-order valence-electron chi connectivity index (χ3n) is 4.39. The van der Waals surface area contributed by atoms with E-state index < -0.39 is 0 Å². The highest BCUT2D eigenvalue weighted by atomic mass is 35.5. The van der Waals surface area contributed by atoms with Crippen LogP contribution in [0.5, 0.6) is 11.5 Å². The highest BCUT2D eigenvalue weighted by molar-refractivity contribution is 5.85. The van der Waals surface area contributed by atoms with Gasteiger partial charge in [0.05, 0.1) is 19.3 Å². The Bertz CT molecular complexity index is 533. The molecular formula is C19H31ClN2O3. The van der Waals surface area contributed by atoms with Crippen molar-refractivity contribution in [2.45, 2.75) is 46.1 Å². The lowest BCUT2D eigenvalue weighted by Crippen LogP contribution is -2.27. The summed E-state index contributed by atoms with van der Waals surface area (Å²) < 4.78 is 11.2. The molecule has 1 fully saturated rings. The van der Waals surface area contributed by atoms with Crippen LogP contribution in [-0.4, -0.2) is 32.2 Å². The van der Waals surface area contributed by atoms with Crippen LogP contribution in [0.25, 0.3) is 0 Å². The van der Waals surface area contributed by atoms with Crippen LogP contribution in [0, 0.1) is 5.92 Å². The van der Waals surface area contributed by atoms with E-state index in [9.17, 15) is 4.79 Å². The minimum atomic E-state index is -0.0471. The molecule has 1 aliphatic rings. The number of benzene rings is 1. The lowest BCUT2D eigenvalue weighted by molar-refractivity contribution is -0.122. The van der Waals surface area contributed by atoms with Crippen LogP contribution in [0.2, 0.25) is 0 Å². The molecule has 0 radical (unpaired) electrons. The van der Waals surface area contributed by atoms with Crippen molar-refractivity contribution in [2.75, 3.05) is 26.3 Å². The number of rotatable bonds is 9. The van der Waals surface area contributed by atoms with E-state index >= 15 is 0 Å². The molecule has 0 aliphatic carbocycles. The molecule has 2 rings (SSSR count). The largest absolute Gasteiger partial charge is 0.490 e. The van der Waals surface area contributed by atoms with Gasteiger partial charge >= 0.3 is 0 Å². The summed E-state index contributed by atoms with van der Waals surface area (Å²) in [5, 5.41) is 6.42. The predicted molar refractivity (Wildman–Crippen MR) is 103 cm³/mol. The average molecular weight is 371 g/mol. The molecule has 0 bridgehead atoms. The number of hydrogen-bond donors (Lipinski definition) is 2. The van der Waals surface area contributed by atoms with Crippen LogP contribution in [0.3, 0.4) is 0 Å². The van der Waals surface area contributed by atoms with Gasteiger partial charge in [0, 0.05) is 6.42 Å². The number of nitrogens with one attached hydrogen (secondary N) is 2. The Morgan fingerprint density at radius 3 is 2.64 bits per heavy atom. The van der Waals surface area contributed by atoms with E-state index in [1.807, 2.05) is 39.0 Å². The molecule has 142 valence electrons. The maximum Gasteiger partial charge on any atom is 0.220 e. The first-order valence-corrected chi connectivity index (χ1v) is 9.03. The van der Waals surface area contributed by atoms with Gasteiger partial charge in [0.15, 0.2) is 11.5 Å². The summed E-state index contributed by atoms with van der Waals surface area (Å²) in [6.07, 6.45) is 2.73. The monoisotopic (exact) mass is 370 g/mol. The van der Waals surface area contributed by atoms with E-state index in [1.165, 1.54) is 6.42 Å². The molecular weight excluding hydrogens is 340 g/mol. The molecule has 1 amide bonds. The standard InChI is InChI=1S/C19H30N2O3.ClH/c1-4-23-17-8-7-16(12-18(17)24-5-2)14(3)21-19(22)9-6-15-10-11-20-13-15;/h7-8,12,14-15,20H,4-6,9-11,13H2,1-3H3,(H,21,22);1H. The van der Waals surface area contributed by atoms with Crippen LogP contribution >= 0.6 is 12.4 Å². The van der Waals surface area contributed by atoms with Crippen LogP contribution in [0.4, 0.5) is 0 Å². The molecule has 2 unspecified atom stereocenters. The third-order valence-corrected chi connectivity index (χ3v) is 4.39. The number of hydrogen-bond acceptors (Lipinski definition) is 4. The quantitative estimate of drug-likeness (QED) is 0.698. The number of carbonyl (C=O) groups is 1. The molecule has 5 nitrogen and oxygen atoms in total. The third kappa shape index (κ3) is 6.75. The van der Waals surface area contributed by atoms with Crippen LogP contribution in [0.1, 0.15) is 51.6 Å². The van der Waals surface area contributed by atoms with Gasteiger partial charge in [-0.3, -0.25) is 4.79 Å². The van der Waals surface area contributed by atoms with Crippen LogP contribution in [-0.2, 0) is 4.79 Å². The fraction of sp³-hybridized carbons (Fsp3) is 0.632. The Balaban J connectivity index is 0.00000312. The van der Waals surface area contributed by atoms with Crippen LogP contribution in [0.15, 0.2) is 18.2 Å². The van der Waals surface area contributed by atoms with Gasteiger partial charge in [-0.15, -0.1) is 12.4 Å². The van der Waals surface area contributed by atoms with Gasteiger partial charge in [-0.1, -0.05) is 6.07 Å². The molecule has 1 aromatic carbocycles. The summed E-state index contributed by atoms with van der Waals surface area (Å²) in [6, 6.07) is 5.81. The number of carbonyl (C=O) groups excluding carboxylic acids is 1. The Kier molecular flexibility index (Phi) is 9.68. The summed E-state index contributed by atoms with van der Waals surface area (Å²) in [4.78, 5) is 12.2. The zero-order valence-electron chi connectivity index (χ0n) is 15.5. The highest BCUT2D eigenvalue weighted by Gasteiger charge is 2.17. The van der Waals surface area contributed by atoms with Crippen molar-refractivity contribution in [3.63, 3.8) is 0 Å². The van der Waals surface area contributed by atoms with Crippen molar-refractivity contribution in [3.05, 3.63) is 23.8 Å². The van der Waals surface area contributed by atoms with E-state index in [2.05, 4.69) is 10.6 Å². The van der Waals surface area contributed by atoms with Gasteiger partial charge in [0.1, 0.15) is 0 Å². The molecule has 1 saturated heterocycles. The number of halogens is 1. The van der Waals surface area contributed by atoms with E-state index in [0.717, 1.165) is 36.6 Å². The summed E-state index contributed by atoms with van der Waals surface area (Å²) in [6.45, 7) is 9.20. The lowest BCUT2D eigenvalue weighted by Gasteiger charge is -2.18. The van der Waals surface area contributed by atoms with Crippen molar-refractivity contribution >= 4 is 18.3 Å². The number of amides is 1. The first-order chi connectivity index (χ1) is 11.6. The fourth-order valence-electron chi connectivity index (χ4n) is 3.03. The van der Waals surface area contributed by atoms with E-state index in [-0.39, 0.29) is 24.4 Å². The van der Waals surface area contributed by atoms with Gasteiger partial charge in [-0.05, 0) is 70.3 Å². The van der Waals surface area contributed by atoms with Gasteiger partial charge in [-0.2, -0.15) is 0 Å². The Labute approximate surface area is 157 Å². The molecule has 6 heteroatoms. The Morgan fingerprint density at radius 2 is 2.00 bits per heavy atom. The molecule has 0 saturated carbocycles. The maximum atomic E-state index is 12.2. The normalized spacial score (nSPS) is 17.5. The molecule has 1 aromatic rings. The van der Waals surface area contributed by atoms with Crippen molar-refractivity contribution in [3.8, 4) is 11.5 Å². The smallest absolute Gasteiger partial charge is 0.220 e. The Hall–Kier alpha value is -1.46. The average Bonchev–Trinajstić information content (AvgIpc) is 3.08. The van der Waals surface area contributed by atoms with Crippen molar-refractivity contribution in [2.24, 2.45) is 5.92 Å². The summed E-state index contributed by atoms with van der Waals surface area (Å²) in [5.74, 6) is 2.23. The predicted octanol–water partition coefficient (Wildman–Crippen LogP) is 3.47.